The first-order valence-corrected chi connectivity index (χ1v) is 7.08. The van der Waals surface area contributed by atoms with Crippen molar-refractivity contribution in [2.45, 2.75) is 31.8 Å². The van der Waals surface area contributed by atoms with Crippen LogP contribution in [0.15, 0.2) is 18.3 Å². The number of likely N-dealkylation sites (tertiary alicyclic amines) is 1. The van der Waals surface area contributed by atoms with Crippen LogP contribution in [-0.2, 0) is 4.79 Å². The molecule has 6 nitrogen and oxygen atoms in total. The van der Waals surface area contributed by atoms with Gasteiger partial charge in [-0.3, -0.25) is 14.6 Å². The summed E-state index contributed by atoms with van der Waals surface area (Å²) in [6.45, 7) is 2.60. The van der Waals surface area contributed by atoms with Crippen LogP contribution in [-0.4, -0.2) is 52.5 Å². The highest BCUT2D eigenvalue weighted by atomic mass is 16.3. The summed E-state index contributed by atoms with van der Waals surface area (Å²) in [6, 6.07) is 3.40. The third-order valence-corrected chi connectivity index (χ3v) is 3.75. The van der Waals surface area contributed by atoms with E-state index in [0.717, 1.165) is 5.69 Å². The van der Waals surface area contributed by atoms with Gasteiger partial charge in [0, 0.05) is 31.0 Å². The van der Waals surface area contributed by atoms with Gasteiger partial charge in [0.25, 0.3) is 5.91 Å². The molecule has 1 fully saturated rings. The van der Waals surface area contributed by atoms with Crippen molar-refractivity contribution < 1.29 is 14.7 Å². The van der Waals surface area contributed by atoms with Crippen LogP contribution in [0.2, 0.25) is 0 Å². The number of piperidine rings is 1. The molecule has 1 atom stereocenters. The lowest BCUT2D eigenvalue weighted by Gasteiger charge is -2.38. The van der Waals surface area contributed by atoms with Crippen LogP contribution < -0.4 is 5.32 Å². The molecule has 0 bridgehead atoms. The molecular formula is C15H21N3O3. The minimum Gasteiger partial charge on any atom is -0.388 e. The average Bonchev–Trinajstić information content (AvgIpc) is 2.46. The van der Waals surface area contributed by atoms with E-state index in [2.05, 4.69) is 10.3 Å². The third-order valence-electron chi connectivity index (χ3n) is 3.75. The number of nitrogens with zero attached hydrogens (tertiary/aromatic N) is 2. The molecule has 1 aliphatic rings. The lowest BCUT2D eigenvalue weighted by Crippen LogP contribution is -2.52. The summed E-state index contributed by atoms with van der Waals surface area (Å²) in [5, 5.41) is 13.0. The van der Waals surface area contributed by atoms with Gasteiger partial charge >= 0.3 is 0 Å². The molecule has 114 valence electrons. The normalized spacial score (nSPS) is 22.0. The van der Waals surface area contributed by atoms with E-state index in [1.54, 1.807) is 23.2 Å². The maximum Gasteiger partial charge on any atom is 0.254 e. The Morgan fingerprint density at radius 1 is 1.52 bits per heavy atom. The maximum atomic E-state index is 12.5. The fourth-order valence-electron chi connectivity index (χ4n) is 2.68. The summed E-state index contributed by atoms with van der Waals surface area (Å²) in [5.41, 5.74) is 0.195. The van der Waals surface area contributed by atoms with Gasteiger partial charge < -0.3 is 15.3 Å². The number of aliphatic hydroxyl groups is 1. The summed E-state index contributed by atoms with van der Waals surface area (Å²) < 4.78 is 0. The molecule has 0 spiro atoms. The largest absolute Gasteiger partial charge is 0.388 e. The zero-order chi connectivity index (χ0) is 15.5. The van der Waals surface area contributed by atoms with Crippen LogP contribution in [0.4, 0.5) is 0 Å². The van der Waals surface area contributed by atoms with Crippen molar-refractivity contribution in [2.24, 2.45) is 0 Å². The van der Waals surface area contributed by atoms with Gasteiger partial charge in [-0.15, -0.1) is 0 Å². The highest BCUT2D eigenvalue weighted by Gasteiger charge is 2.37. The number of hydrogen-bond acceptors (Lipinski definition) is 4. The molecule has 1 aliphatic heterocycles. The monoisotopic (exact) mass is 291 g/mol. The fraction of sp³-hybridized carbons (Fsp3) is 0.533. The Hall–Kier alpha value is -1.95. The number of aryl methyl sites for hydroxylation is 1. The second-order valence-electron chi connectivity index (χ2n) is 5.59. The summed E-state index contributed by atoms with van der Waals surface area (Å²) in [5.74, 6) is -0.345. The van der Waals surface area contributed by atoms with Gasteiger partial charge in [-0.1, -0.05) is 0 Å². The van der Waals surface area contributed by atoms with Crippen LogP contribution >= 0.6 is 0 Å². The Balaban J connectivity index is 2.10. The van der Waals surface area contributed by atoms with Crippen molar-refractivity contribution in [1.82, 2.24) is 15.2 Å². The summed E-state index contributed by atoms with van der Waals surface area (Å²) in [4.78, 5) is 29.7. The molecule has 0 radical (unpaired) electrons. The van der Waals surface area contributed by atoms with Crippen LogP contribution in [0.5, 0.6) is 0 Å². The van der Waals surface area contributed by atoms with E-state index in [-0.39, 0.29) is 24.8 Å². The Morgan fingerprint density at radius 3 is 2.95 bits per heavy atom. The molecule has 21 heavy (non-hydrogen) atoms. The smallest absolute Gasteiger partial charge is 0.254 e. The number of aromatic nitrogens is 1. The molecular weight excluding hydrogens is 270 g/mol. The number of nitrogens with one attached hydrogen (secondary N) is 1. The van der Waals surface area contributed by atoms with E-state index < -0.39 is 5.60 Å². The van der Waals surface area contributed by atoms with Crippen LogP contribution in [0.3, 0.4) is 0 Å². The molecule has 2 heterocycles. The zero-order valence-corrected chi connectivity index (χ0v) is 12.4. The Morgan fingerprint density at radius 2 is 2.29 bits per heavy atom. The third kappa shape index (κ3) is 3.78. The Labute approximate surface area is 124 Å². The van der Waals surface area contributed by atoms with E-state index in [9.17, 15) is 14.7 Å². The number of β-amino-alcohol motifs (C(OH)–C–C–N with tert-alkyl or cyclic N) is 1. The Bertz CT molecular complexity index is 547. The molecule has 1 saturated heterocycles. The number of amides is 2. The van der Waals surface area contributed by atoms with Crippen LogP contribution in [0, 0.1) is 6.92 Å². The van der Waals surface area contributed by atoms with Gasteiger partial charge in [-0.25, -0.2) is 0 Å². The molecule has 1 aromatic rings. The average molecular weight is 291 g/mol. The number of rotatable bonds is 3. The number of carbonyl (C=O) groups excluding carboxylic acids is 2. The van der Waals surface area contributed by atoms with E-state index >= 15 is 0 Å². The molecule has 0 aliphatic carbocycles. The minimum absolute atomic E-state index is 0.0165. The van der Waals surface area contributed by atoms with Crippen molar-refractivity contribution in [3.8, 4) is 0 Å². The highest BCUT2D eigenvalue weighted by Crippen LogP contribution is 2.25. The van der Waals surface area contributed by atoms with Gasteiger partial charge in [-0.2, -0.15) is 0 Å². The predicted octanol–water partition coefficient (Wildman–Crippen LogP) is 0.493. The first-order chi connectivity index (χ1) is 9.93. The maximum absolute atomic E-state index is 12.5. The summed E-state index contributed by atoms with van der Waals surface area (Å²) >= 11 is 0. The lowest BCUT2D eigenvalue weighted by molar-refractivity contribution is -0.127. The predicted molar refractivity (Wildman–Crippen MR) is 77.7 cm³/mol. The summed E-state index contributed by atoms with van der Waals surface area (Å²) in [6.07, 6.45) is 2.83. The molecule has 2 rings (SSSR count). The van der Waals surface area contributed by atoms with Crippen molar-refractivity contribution in [1.29, 1.82) is 0 Å². The number of hydrogen-bond donors (Lipinski definition) is 2. The Kier molecular flexibility index (Phi) is 4.57. The molecule has 1 aromatic heterocycles. The van der Waals surface area contributed by atoms with E-state index in [0.29, 0.717) is 24.9 Å². The molecule has 2 amide bonds. The van der Waals surface area contributed by atoms with Gasteiger partial charge in [-0.05, 0) is 31.9 Å². The van der Waals surface area contributed by atoms with E-state index in [4.69, 9.17) is 0 Å². The van der Waals surface area contributed by atoms with E-state index in [1.807, 2.05) is 6.92 Å². The van der Waals surface area contributed by atoms with Crippen molar-refractivity contribution in [2.75, 3.05) is 20.1 Å². The van der Waals surface area contributed by atoms with E-state index in [1.165, 1.54) is 7.05 Å². The molecule has 1 unspecified atom stereocenters. The highest BCUT2D eigenvalue weighted by molar-refractivity contribution is 5.94. The van der Waals surface area contributed by atoms with Gasteiger partial charge in [0.15, 0.2) is 0 Å². The quantitative estimate of drug-likeness (QED) is 0.849. The zero-order valence-electron chi connectivity index (χ0n) is 12.4. The molecule has 6 heteroatoms. The van der Waals surface area contributed by atoms with Crippen LogP contribution in [0.25, 0.3) is 0 Å². The number of carbonyl (C=O) groups is 2. The van der Waals surface area contributed by atoms with Gasteiger partial charge in [0.2, 0.25) is 5.91 Å². The number of pyridine rings is 1. The topological polar surface area (TPSA) is 82.5 Å². The summed E-state index contributed by atoms with van der Waals surface area (Å²) in [7, 11) is 1.54. The molecule has 0 saturated carbocycles. The van der Waals surface area contributed by atoms with Crippen molar-refractivity contribution >= 4 is 11.8 Å². The van der Waals surface area contributed by atoms with Gasteiger partial charge in [0.1, 0.15) is 0 Å². The fourth-order valence-corrected chi connectivity index (χ4v) is 2.68. The first-order valence-electron chi connectivity index (χ1n) is 7.08. The molecule has 2 N–H and O–H groups in total. The van der Waals surface area contributed by atoms with Crippen molar-refractivity contribution in [3.05, 3.63) is 29.6 Å². The van der Waals surface area contributed by atoms with Gasteiger partial charge in [0.05, 0.1) is 18.6 Å². The molecule has 0 aromatic carbocycles. The van der Waals surface area contributed by atoms with Crippen LogP contribution in [0.1, 0.15) is 35.3 Å². The lowest BCUT2D eigenvalue weighted by atomic mass is 9.89. The second-order valence-corrected chi connectivity index (χ2v) is 5.59. The van der Waals surface area contributed by atoms with Crippen molar-refractivity contribution in [3.63, 3.8) is 0 Å². The first kappa shape index (κ1) is 15.4. The second kappa shape index (κ2) is 6.22. The SMILES string of the molecule is CNC(=O)CC1(O)CCCN(C(=O)c2ccnc(C)c2)C1. The standard InChI is InChI=1S/C15H21N3O3/c1-11-8-12(4-6-17-11)14(20)18-7-3-5-15(21,10-18)9-13(19)16-2/h4,6,8,21H,3,5,7,9-10H2,1-2H3,(H,16,19). The minimum atomic E-state index is -1.14.